The van der Waals surface area contributed by atoms with Crippen LogP contribution in [0, 0.1) is 5.41 Å². The maximum atomic E-state index is 6.05. The molecule has 1 aliphatic rings. The summed E-state index contributed by atoms with van der Waals surface area (Å²) in [4.78, 5) is 0. The van der Waals surface area contributed by atoms with E-state index in [2.05, 4.69) is 56.4 Å². The molecule has 1 aromatic rings. The Bertz CT molecular complexity index is 385. The van der Waals surface area contributed by atoms with Gasteiger partial charge in [-0.3, -0.25) is 0 Å². The van der Waals surface area contributed by atoms with Crippen molar-refractivity contribution >= 4 is 0 Å². The summed E-state index contributed by atoms with van der Waals surface area (Å²) in [6.07, 6.45) is 3.63. The Morgan fingerprint density at radius 2 is 1.89 bits per heavy atom. The zero-order valence-electron chi connectivity index (χ0n) is 11.9. The highest BCUT2D eigenvalue weighted by Gasteiger charge is 2.42. The average Bonchev–Trinajstić information content (AvgIpc) is 2.67. The first kappa shape index (κ1) is 13.6. The summed E-state index contributed by atoms with van der Waals surface area (Å²) >= 11 is 0. The lowest BCUT2D eigenvalue weighted by atomic mass is 9.87. The van der Waals surface area contributed by atoms with Crippen molar-refractivity contribution in [2.45, 2.75) is 51.6 Å². The van der Waals surface area contributed by atoms with E-state index >= 15 is 0 Å². The molecule has 2 nitrogen and oxygen atoms in total. The van der Waals surface area contributed by atoms with E-state index in [0.29, 0.717) is 11.5 Å². The minimum atomic E-state index is 0.124. The fourth-order valence-electron chi connectivity index (χ4n) is 3.31. The third-order valence-electron chi connectivity index (χ3n) is 4.31. The Balaban J connectivity index is 2.08. The lowest BCUT2D eigenvalue weighted by molar-refractivity contribution is 0.269. The first-order valence-electron chi connectivity index (χ1n) is 6.99. The molecule has 2 atom stereocenters. The van der Waals surface area contributed by atoms with Gasteiger partial charge in [0, 0.05) is 18.1 Å². The molecule has 0 aromatic heterocycles. The molecule has 2 heteroatoms. The van der Waals surface area contributed by atoms with Crippen molar-refractivity contribution in [1.82, 2.24) is 5.32 Å². The third-order valence-corrected chi connectivity index (χ3v) is 4.31. The molecule has 0 aliphatic heterocycles. The fraction of sp³-hybridized carbons (Fsp3) is 0.625. The quantitative estimate of drug-likeness (QED) is 0.856. The van der Waals surface area contributed by atoms with Gasteiger partial charge in [-0.2, -0.15) is 0 Å². The van der Waals surface area contributed by atoms with Gasteiger partial charge in [0.1, 0.15) is 0 Å². The van der Waals surface area contributed by atoms with E-state index in [1.54, 1.807) is 0 Å². The van der Waals surface area contributed by atoms with Crippen molar-refractivity contribution in [3.63, 3.8) is 0 Å². The summed E-state index contributed by atoms with van der Waals surface area (Å²) in [5.74, 6) is 0. The summed E-state index contributed by atoms with van der Waals surface area (Å²) in [7, 11) is 0. The van der Waals surface area contributed by atoms with Gasteiger partial charge in [-0.05, 0) is 37.2 Å². The molecule has 1 saturated carbocycles. The zero-order chi connectivity index (χ0) is 13.2. The molecule has 100 valence electrons. The second-order valence-electron chi connectivity index (χ2n) is 6.60. The van der Waals surface area contributed by atoms with Gasteiger partial charge in [-0.25, -0.2) is 0 Å². The number of benzene rings is 1. The average molecular weight is 246 g/mol. The van der Waals surface area contributed by atoms with Gasteiger partial charge in [0.05, 0.1) is 0 Å². The summed E-state index contributed by atoms with van der Waals surface area (Å²) in [6, 6.07) is 11.0. The molecule has 1 aromatic carbocycles. The molecule has 0 heterocycles. The lowest BCUT2D eigenvalue weighted by Gasteiger charge is -2.34. The van der Waals surface area contributed by atoms with E-state index in [1.807, 2.05) is 0 Å². The monoisotopic (exact) mass is 246 g/mol. The second kappa shape index (κ2) is 5.02. The van der Waals surface area contributed by atoms with E-state index in [0.717, 1.165) is 6.54 Å². The van der Waals surface area contributed by atoms with Crippen LogP contribution in [0.4, 0.5) is 0 Å². The van der Waals surface area contributed by atoms with Crippen LogP contribution in [0.5, 0.6) is 0 Å². The van der Waals surface area contributed by atoms with Gasteiger partial charge >= 0.3 is 0 Å². The SMILES string of the molecule is CC(NC1(CN)CCC(C)(C)C1)c1ccccc1. The molecule has 0 bridgehead atoms. The maximum Gasteiger partial charge on any atom is 0.0314 e. The van der Waals surface area contributed by atoms with E-state index in [4.69, 9.17) is 5.73 Å². The number of nitrogens with one attached hydrogen (secondary N) is 1. The van der Waals surface area contributed by atoms with Gasteiger partial charge in [-0.1, -0.05) is 44.2 Å². The van der Waals surface area contributed by atoms with Crippen LogP contribution in [-0.4, -0.2) is 12.1 Å². The Hall–Kier alpha value is -0.860. The first-order valence-corrected chi connectivity index (χ1v) is 6.99. The molecule has 0 amide bonds. The van der Waals surface area contributed by atoms with Crippen LogP contribution in [0.1, 0.15) is 51.6 Å². The topological polar surface area (TPSA) is 38.0 Å². The predicted octanol–water partition coefficient (Wildman–Crippen LogP) is 3.24. The van der Waals surface area contributed by atoms with Crippen molar-refractivity contribution in [1.29, 1.82) is 0 Å². The Kier molecular flexibility index (Phi) is 3.79. The highest BCUT2D eigenvalue weighted by atomic mass is 15.0. The van der Waals surface area contributed by atoms with Gasteiger partial charge in [0.15, 0.2) is 0 Å². The summed E-state index contributed by atoms with van der Waals surface area (Å²) in [6.45, 7) is 7.66. The van der Waals surface area contributed by atoms with Crippen molar-refractivity contribution in [2.24, 2.45) is 11.1 Å². The van der Waals surface area contributed by atoms with Gasteiger partial charge in [0.2, 0.25) is 0 Å². The van der Waals surface area contributed by atoms with Crippen molar-refractivity contribution in [3.8, 4) is 0 Å². The maximum absolute atomic E-state index is 6.05. The van der Waals surface area contributed by atoms with E-state index in [1.165, 1.54) is 24.8 Å². The second-order valence-corrected chi connectivity index (χ2v) is 6.60. The zero-order valence-corrected chi connectivity index (χ0v) is 11.9. The molecule has 1 aliphatic carbocycles. The molecular formula is C16H26N2. The molecule has 18 heavy (non-hydrogen) atoms. The Labute approximate surface area is 111 Å². The van der Waals surface area contributed by atoms with Crippen molar-refractivity contribution < 1.29 is 0 Å². The molecule has 0 saturated heterocycles. The number of hydrogen-bond acceptors (Lipinski definition) is 2. The minimum absolute atomic E-state index is 0.124. The molecule has 0 spiro atoms. The molecule has 0 radical (unpaired) electrons. The van der Waals surface area contributed by atoms with Crippen molar-refractivity contribution in [3.05, 3.63) is 35.9 Å². The highest BCUT2D eigenvalue weighted by Crippen LogP contribution is 2.44. The summed E-state index contributed by atoms with van der Waals surface area (Å²) < 4.78 is 0. The normalized spacial score (nSPS) is 28.2. The Morgan fingerprint density at radius 3 is 2.39 bits per heavy atom. The van der Waals surface area contributed by atoms with Crippen LogP contribution in [-0.2, 0) is 0 Å². The molecule has 2 rings (SSSR count). The van der Waals surface area contributed by atoms with Gasteiger partial charge < -0.3 is 11.1 Å². The molecule has 2 unspecified atom stereocenters. The van der Waals surface area contributed by atoms with E-state index < -0.39 is 0 Å². The molecule has 1 fully saturated rings. The van der Waals surface area contributed by atoms with Gasteiger partial charge in [0.25, 0.3) is 0 Å². The summed E-state index contributed by atoms with van der Waals surface area (Å²) in [5, 5.41) is 3.79. The third kappa shape index (κ3) is 2.93. The minimum Gasteiger partial charge on any atom is -0.329 e. The van der Waals surface area contributed by atoms with Crippen LogP contribution in [0.25, 0.3) is 0 Å². The predicted molar refractivity (Wildman–Crippen MR) is 77.4 cm³/mol. The first-order chi connectivity index (χ1) is 8.46. The molecule has 3 N–H and O–H groups in total. The van der Waals surface area contributed by atoms with E-state index in [9.17, 15) is 0 Å². The smallest absolute Gasteiger partial charge is 0.0314 e. The number of nitrogens with two attached hydrogens (primary N) is 1. The highest BCUT2D eigenvalue weighted by molar-refractivity contribution is 5.19. The van der Waals surface area contributed by atoms with E-state index in [-0.39, 0.29) is 5.54 Å². The number of rotatable bonds is 4. The summed E-state index contributed by atoms with van der Waals surface area (Å²) in [5.41, 5.74) is 7.94. The van der Waals surface area contributed by atoms with Crippen molar-refractivity contribution in [2.75, 3.05) is 6.54 Å². The van der Waals surface area contributed by atoms with Gasteiger partial charge in [-0.15, -0.1) is 0 Å². The van der Waals surface area contributed by atoms with Crippen LogP contribution >= 0.6 is 0 Å². The Morgan fingerprint density at radius 1 is 1.22 bits per heavy atom. The van der Waals surface area contributed by atoms with Crippen LogP contribution in [0.2, 0.25) is 0 Å². The lowest BCUT2D eigenvalue weighted by Crippen LogP contribution is -2.50. The van der Waals surface area contributed by atoms with Crippen LogP contribution in [0.3, 0.4) is 0 Å². The standard InChI is InChI=1S/C16H26N2/c1-13(14-7-5-4-6-8-14)18-16(12-17)10-9-15(2,3)11-16/h4-8,13,18H,9-12,17H2,1-3H3. The fourth-order valence-corrected chi connectivity index (χ4v) is 3.31. The molecular weight excluding hydrogens is 220 g/mol. The van der Waals surface area contributed by atoms with Crippen LogP contribution in [0.15, 0.2) is 30.3 Å². The van der Waals surface area contributed by atoms with Crippen LogP contribution < -0.4 is 11.1 Å². The number of hydrogen-bond donors (Lipinski definition) is 2. The largest absolute Gasteiger partial charge is 0.329 e.